The highest BCUT2D eigenvalue weighted by Crippen LogP contribution is 2.38. The van der Waals surface area contributed by atoms with Crippen LogP contribution in [0.2, 0.25) is 0 Å². The van der Waals surface area contributed by atoms with Crippen molar-refractivity contribution in [3.63, 3.8) is 0 Å². The van der Waals surface area contributed by atoms with Crippen molar-refractivity contribution in [2.24, 2.45) is 0 Å². The molecule has 1 aliphatic heterocycles. The van der Waals surface area contributed by atoms with E-state index in [4.69, 9.17) is 4.74 Å². The number of rotatable bonds is 0. The molecule has 13 heavy (non-hydrogen) atoms. The highest BCUT2D eigenvalue weighted by atomic mass is 16.5. The van der Waals surface area contributed by atoms with Crippen molar-refractivity contribution in [1.82, 2.24) is 0 Å². The van der Waals surface area contributed by atoms with Crippen LogP contribution in [-0.2, 0) is 5.41 Å². The molecule has 0 unspecified atom stereocenters. The number of ether oxygens (including phenoxy) is 1. The van der Waals surface area contributed by atoms with Gasteiger partial charge in [0.1, 0.15) is 5.75 Å². The molecule has 70 valence electrons. The van der Waals surface area contributed by atoms with Crippen molar-refractivity contribution in [2.45, 2.75) is 32.6 Å². The van der Waals surface area contributed by atoms with E-state index in [-0.39, 0.29) is 5.41 Å². The van der Waals surface area contributed by atoms with Gasteiger partial charge in [-0.2, -0.15) is 0 Å². The van der Waals surface area contributed by atoms with Crippen LogP contribution in [0.5, 0.6) is 5.75 Å². The Morgan fingerprint density at radius 1 is 1.31 bits per heavy atom. The van der Waals surface area contributed by atoms with E-state index in [1.165, 1.54) is 11.1 Å². The molecule has 1 aromatic carbocycles. The standard InChI is InChI=1S/C12H16O/c1-9-4-5-10-11(8-9)13-7-6-12(10,2)3/h4-5,8H,6-7H2,1-3H3. The van der Waals surface area contributed by atoms with Crippen molar-refractivity contribution >= 4 is 0 Å². The molecule has 1 aliphatic rings. The molecule has 0 bridgehead atoms. The Bertz CT molecular complexity index is 326. The summed E-state index contributed by atoms with van der Waals surface area (Å²) in [6.45, 7) is 7.52. The molecule has 0 saturated heterocycles. The maximum Gasteiger partial charge on any atom is 0.123 e. The fraction of sp³-hybridized carbons (Fsp3) is 0.500. The smallest absolute Gasteiger partial charge is 0.123 e. The Hall–Kier alpha value is -0.980. The van der Waals surface area contributed by atoms with E-state index in [1.807, 2.05) is 0 Å². The van der Waals surface area contributed by atoms with Crippen molar-refractivity contribution in [3.05, 3.63) is 29.3 Å². The Morgan fingerprint density at radius 3 is 2.85 bits per heavy atom. The van der Waals surface area contributed by atoms with E-state index in [9.17, 15) is 0 Å². The number of benzene rings is 1. The van der Waals surface area contributed by atoms with Gasteiger partial charge in [-0.05, 0) is 36.0 Å². The van der Waals surface area contributed by atoms with Crippen LogP contribution in [0.4, 0.5) is 0 Å². The first-order valence-electron chi connectivity index (χ1n) is 4.83. The molecule has 2 rings (SSSR count). The Balaban J connectivity index is 2.53. The maximum absolute atomic E-state index is 5.64. The topological polar surface area (TPSA) is 9.23 Å². The highest BCUT2D eigenvalue weighted by molar-refractivity contribution is 5.42. The van der Waals surface area contributed by atoms with Crippen LogP contribution in [0.3, 0.4) is 0 Å². The van der Waals surface area contributed by atoms with Gasteiger partial charge in [-0.25, -0.2) is 0 Å². The Labute approximate surface area is 79.7 Å². The van der Waals surface area contributed by atoms with Gasteiger partial charge in [0, 0.05) is 0 Å². The quantitative estimate of drug-likeness (QED) is 0.590. The Kier molecular flexibility index (Phi) is 1.83. The second-order valence-electron chi connectivity index (χ2n) is 4.48. The summed E-state index contributed by atoms with van der Waals surface area (Å²) in [6.07, 6.45) is 1.11. The van der Waals surface area contributed by atoms with Crippen LogP contribution in [-0.4, -0.2) is 6.61 Å². The molecule has 0 aromatic heterocycles. The van der Waals surface area contributed by atoms with Crippen LogP contribution in [0.1, 0.15) is 31.4 Å². The average molecular weight is 176 g/mol. The van der Waals surface area contributed by atoms with Gasteiger partial charge >= 0.3 is 0 Å². The zero-order chi connectivity index (χ0) is 9.47. The van der Waals surface area contributed by atoms with E-state index >= 15 is 0 Å². The molecule has 0 aliphatic carbocycles. The Morgan fingerprint density at radius 2 is 2.08 bits per heavy atom. The second kappa shape index (κ2) is 2.76. The summed E-state index contributed by atoms with van der Waals surface area (Å²) in [4.78, 5) is 0. The summed E-state index contributed by atoms with van der Waals surface area (Å²) in [5.41, 5.74) is 2.90. The minimum absolute atomic E-state index is 0.279. The first-order chi connectivity index (χ1) is 6.09. The molecule has 1 heterocycles. The molecule has 0 radical (unpaired) electrons. The molecule has 0 fully saturated rings. The fourth-order valence-corrected chi connectivity index (χ4v) is 1.86. The first-order valence-corrected chi connectivity index (χ1v) is 4.83. The SMILES string of the molecule is Cc1ccc2c(c1)OCCC2(C)C. The summed E-state index contributed by atoms with van der Waals surface area (Å²) in [7, 11) is 0. The van der Waals surface area contributed by atoms with Crippen molar-refractivity contribution < 1.29 is 4.74 Å². The normalized spacial score (nSPS) is 19.0. The number of aryl methyl sites for hydroxylation is 1. The van der Waals surface area contributed by atoms with E-state index < -0.39 is 0 Å². The van der Waals surface area contributed by atoms with Crippen LogP contribution in [0, 0.1) is 6.92 Å². The van der Waals surface area contributed by atoms with Gasteiger partial charge < -0.3 is 4.74 Å². The van der Waals surface area contributed by atoms with Crippen LogP contribution >= 0.6 is 0 Å². The van der Waals surface area contributed by atoms with E-state index in [1.54, 1.807) is 0 Å². The fourth-order valence-electron chi connectivity index (χ4n) is 1.86. The number of hydrogen-bond donors (Lipinski definition) is 0. The predicted molar refractivity (Wildman–Crippen MR) is 54.3 cm³/mol. The second-order valence-corrected chi connectivity index (χ2v) is 4.48. The summed E-state index contributed by atoms with van der Waals surface area (Å²) in [5.74, 6) is 1.08. The summed E-state index contributed by atoms with van der Waals surface area (Å²) >= 11 is 0. The maximum atomic E-state index is 5.64. The summed E-state index contributed by atoms with van der Waals surface area (Å²) < 4.78 is 5.64. The molecule has 0 atom stereocenters. The van der Waals surface area contributed by atoms with E-state index in [0.29, 0.717) is 0 Å². The molecule has 0 saturated carbocycles. The first kappa shape index (κ1) is 8.61. The molecule has 1 nitrogen and oxygen atoms in total. The third-order valence-electron chi connectivity index (χ3n) is 2.85. The van der Waals surface area contributed by atoms with E-state index in [2.05, 4.69) is 39.0 Å². The van der Waals surface area contributed by atoms with Gasteiger partial charge in [0.2, 0.25) is 0 Å². The molecular weight excluding hydrogens is 160 g/mol. The molecule has 1 aromatic rings. The molecule has 1 heteroatoms. The van der Waals surface area contributed by atoms with Crippen LogP contribution < -0.4 is 4.74 Å². The predicted octanol–water partition coefficient (Wildman–Crippen LogP) is 3.06. The zero-order valence-electron chi connectivity index (χ0n) is 8.55. The lowest BCUT2D eigenvalue weighted by Crippen LogP contribution is -2.26. The monoisotopic (exact) mass is 176 g/mol. The van der Waals surface area contributed by atoms with Gasteiger partial charge in [0.15, 0.2) is 0 Å². The number of hydrogen-bond acceptors (Lipinski definition) is 1. The molecule has 0 amide bonds. The van der Waals surface area contributed by atoms with Gasteiger partial charge in [-0.15, -0.1) is 0 Å². The largest absolute Gasteiger partial charge is 0.493 e. The van der Waals surface area contributed by atoms with E-state index in [0.717, 1.165) is 18.8 Å². The van der Waals surface area contributed by atoms with Gasteiger partial charge in [0.25, 0.3) is 0 Å². The molecule has 0 spiro atoms. The van der Waals surface area contributed by atoms with Gasteiger partial charge in [-0.1, -0.05) is 26.0 Å². The molecule has 0 N–H and O–H groups in total. The van der Waals surface area contributed by atoms with Crippen LogP contribution in [0.15, 0.2) is 18.2 Å². The minimum Gasteiger partial charge on any atom is -0.493 e. The third-order valence-corrected chi connectivity index (χ3v) is 2.85. The van der Waals surface area contributed by atoms with Crippen molar-refractivity contribution in [3.8, 4) is 5.75 Å². The lowest BCUT2D eigenvalue weighted by molar-refractivity contribution is 0.234. The number of fused-ring (bicyclic) bond motifs is 1. The van der Waals surface area contributed by atoms with Crippen molar-refractivity contribution in [1.29, 1.82) is 0 Å². The van der Waals surface area contributed by atoms with Gasteiger partial charge in [0.05, 0.1) is 6.61 Å². The van der Waals surface area contributed by atoms with Crippen molar-refractivity contribution in [2.75, 3.05) is 6.61 Å². The van der Waals surface area contributed by atoms with Crippen LogP contribution in [0.25, 0.3) is 0 Å². The zero-order valence-corrected chi connectivity index (χ0v) is 8.55. The third kappa shape index (κ3) is 1.43. The molecular formula is C12H16O. The minimum atomic E-state index is 0.279. The van der Waals surface area contributed by atoms with Gasteiger partial charge in [-0.3, -0.25) is 0 Å². The lowest BCUT2D eigenvalue weighted by atomic mass is 9.79. The average Bonchev–Trinajstić information content (AvgIpc) is 2.02. The lowest BCUT2D eigenvalue weighted by Gasteiger charge is -2.32. The highest BCUT2D eigenvalue weighted by Gasteiger charge is 2.28. The summed E-state index contributed by atoms with van der Waals surface area (Å²) in [6, 6.07) is 6.50. The summed E-state index contributed by atoms with van der Waals surface area (Å²) in [5, 5.41) is 0.